The highest BCUT2D eigenvalue weighted by Crippen LogP contribution is 2.30. The maximum atomic E-state index is 12.5. The standard InChI is InChI=1S/C18H17ClN2O3S/c1-25-14-5-3-13(4-6-14)21-10-11(8-17(21)23)18(24)20-15-9-12(19)2-7-16(15)22/h2-7,9,11,22H,8,10H2,1H3,(H,20,24). The van der Waals surface area contributed by atoms with Crippen molar-refractivity contribution in [1.29, 1.82) is 0 Å². The molecular formula is C18H17ClN2O3S. The zero-order chi connectivity index (χ0) is 18.0. The summed E-state index contributed by atoms with van der Waals surface area (Å²) in [4.78, 5) is 27.5. The van der Waals surface area contributed by atoms with E-state index >= 15 is 0 Å². The van der Waals surface area contributed by atoms with Gasteiger partial charge in [0.25, 0.3) is 0 Å². The number of nitrogens with one attached hydrogen (secondary N) is 1. The molecule has 2 N–H and O–H groups in total. The summed E-state index contributed by atoms with van der Waals surface area (Å²) < 4.78 is 0. The normalized spacial score (nSPS) is 17.0. The maximum Gasteiger partial charge on any atom is 0.229 e. The van der Waals surface area contributed by atoms with E-state index in [0.29, 0.717) is 11.6 Å². The zero-order valence-corrected chi connectivity index (χ0v) is 15.1. The van der Waals surface area contributed by atoms with Crippen LogP contribution in [-0.4, -0.2) is 29.7 Å². The summed E-state index contributed by atoms with van der Waals surface area (Å²) in [5, 5.41) is 12.9. The molecule has 2 aromatic rings. The molecule has 0 aromatic heterocycles. The fourth-order valence-corrected chi connectivity index (χ4v) is 3.32. The van der Waals surface area contributed by atoms with Crippen LogP contribution in [0.1, 0.15) is 6.42 Å². The van der Waals surface area contributed by atoms with Crippen molar-refractivity contribution in [2.75, 3.05) is 23.0 Å². The Morgan fingerprint density at radius 3 is 2.68 bits per heavy atom. The Kier molecular flexibility index (Phi) is 5.20. The summed E-state index contributed by atoms with van der Waals surface area (Å²) in [7, 11) is 0. The van der Waals surface area contributed by atoms with Crippen LogP contribution in [0.5, 0.6) is 5.75 Å². The Bertz CT molecular complexity index is 810. The van der Waals surface area contributed by atoms with Gasteiger partial charge in [0.2, 0.25) is 11.8 Å². The number of phenols is 1. The third-order valence-electron chi connectivity index (χ3n) is 4.10. The summed E-state index contributed by atoms with van der Waals surface area (Å²) in [6, 6.07) is 12.1. The van der Waals surface area contributed by atoms with E-state index in [9.17, 15) is 14.7 Å². The van der Waals surface area contributed by atoms with E-state index in [4.69, 9.17) is 11.6 Å². The van der Waals surface area contributed by atoms with Gasteiger partial charge in [-0.3, -0.25) is 9.59 Å². The molecule has 2 aromatic carbocycles. The lowest BCUT2D eigenvalue weighted by Crippen LogP contribution is -2.28. The van der Waals surface area contributed by atoms with Gasteiger partial charge < -0.3 is 15.3 Å². The van der Waals surface area contributed by atoms with Crippen molar-refractivity contribution in [3.8, 4) is 5.75 Å². The summed E-state index contributed by atoms with van der Waals surface area (Å²) in [6.07, 6.45) is 2.12. The lowest BCUT2D eigenvalue weighted by molar-refractivity contribution is -0.122. The monoisotopic (exact) mass is 376 g/mol. The van der Waals surface area contributed by atoms with E-state index in [1.54, 1.807) is 16.7 Å². The number of hydrogen-bond acceptors (Lipinski definition) is 4. The number of anilines is 2. The first-order valence-electron chi connectivity index (χ1n) is 7.71. The number of benzene rings is 2. The van der Waals surface area contributed by atoms with Gasteiger partial charge in [-0.15, -0.1) is 11.8 Å². The molecule has 0 spiro atoms. The quantitative estimate of drug-likeness (QED) is 0.629. The average Bonchev–Trinajstić information content (AvgIpc) is 3.00. The minimum Gasteiger partial charge on any atom is -0.506 e. The first kappa shape index (κ1) is 17.6. The molecule has 0 saturated carbocycles. The number of hydrogen-bond donors (Lipinski definition) is 2. The Morgan fingerprint density at radius 2 is 2.00 bits per heavy atom. The Balaban J connectivity index is 1.70. The Morgan fingerprint density at radius 1 is 1.28 bits per heavy atom. The van der Waals surface area contributed by atoms with Crippen molar-refractivity contribution < 1.29 is 14.7 Å². The highest BCUT2D eigenvalue weighted by atomic mass is 35.5. The van der Waals surface area contributed by atoms with Crippen molar-refractivity contribution >= 4 is 46.6 Å². The first-order valence-corrected chi connectivity index (χ1v) is 9.32. The van der Waals surface area contributed by atoms with Gasteiger partial charge in [-0.2, -0.15) is 0 Å². The molecule has 1 unspecified atom stereocenters. The van der Waals surface area contributed by atoms with E-state index < -0.39 is 5.92 Å². The van der Waals surface area contributed by atoms with E-state index in [-0.39, 0.29) is 29.7 Å². The third kappa shape index (κ3) is 3.91. The van der Waals surface area contributed by atoms with E-state index in [1.807, 2.05) is 30.5 Å². The fourth-order valence-electron chi connectivity index (χ4n) is 2.74. The van der Waals surface area contributed by atoms with Gasteiger partial charge in [0.15, 0.2) is 0 Å². The molecule has 1 aliphatic heterocycles. The Hall–Kier alpha value is -2.18. The smallest absolute Gasteiger partial charge is 0.229 e. The number of rotatable bonds is 4. The summed E-state index contributed by atoms with van der Waals surface area (Å²) in [6.45, 7) is 0.310. The zero-order valence-electron chi connectivity index (χ0n) is 13.5. The summed E-state index contributed by atoms with van der Waals surface area (Å²) >= 11 is 7.51. The number of aromatic hydroxyl groups is 1. The van der Waals surface area contributed by atoms with Crippen molar-refractivity contribution in [3.05, 3.63) is 47.5 Å². The van der Waals surface area contributed by atoms with E-state index in [0.717, 1.165) is 10.6 Å². The molecule has 1 heterocycles. The number of amides is 2. The van der Waals surface area contributed by atoms with Crippen LogP contribution in [0.25, 0.3) is 0 Å². The van der Waals surface area contributed by atoms with Gasteiger partial charge in [0.05, 0.1) is 11.6 Å². The second-order valence-corrected chi connectivity index (χ2v) is 7.07. The van der Waals surface area contributed by atoms with Gasteiger partial charge in [-0.1, -0.05) is 11.6 Å². The van der Waals surface area contributed by atoms with Crippen LogP contribution < -0.4 is 10.2 Å². The number of phenolic OH excluding ortho intramolecular Hbond substituents is 1. The van der Waals surface area contributed by atoms with Crippen molar-refractivity contribution in [2.45, 2.75) is 11.3 Å². The molecule has 3 rings (SSSR count). The molecule has 1 saturated heterocycles. The maximum absolute atomic E-state index is 12.5. The molecule has 1 fully saturated rings. The molecule has 2 amide bonds. The molecule has 0 bridgehead atoms. The molecule has 1 aliphatic rings. The SMILES string of the molecule is CSc1ccc(N2CC(C(=O)Nc3cc(Cl)ccc3O)CC2=O)cc1. The van der Waals surface area contributed by atoms with Crippen LogP contribution in [-0.2, 0) is 9.59 Å². The highest BCUT2D eigenvalue weighted by molar-refractivity contribution is 7.98. The number of halogens is 1. The number of thioether (sulfide) groups is 1. The molecule has 0 aliphatic carbocycles. The number of carbonyl (C=O) groups is 2. The minimum absolute atomic E-state index is 0.0633. The van der Waals surface area contributed by atoms with Crippen LogP contribution in [0.15, 0.2) is 47.4 Å². The average molecular weight is 377 g/mol. The van der Waals surface area contributed by atoms with Crippen LogP contribution in [0.4, 0.5) is 11.4 Å². The van der Waals surface area contributed by atoms with Crippen molar-refractivity contribution in [2.24, 2.45) is 5.92 Å². The minimum atomic E-state index is -0.480. The van der Waals surface area contributed by atoms with Crippen molar-refractivity contribution in [3.63, 3.8) is 0 Å². The topological polar surface area (TPSA) is 69.6 Å². The second kappa shape index (κ2) is 7.37. The van der Waals surface area contributed by atoms with Gasteiger partial charge in [-0.05, 0) is 48.7 Å². The van der Waals surface area contributed by atoms with Gasteiger partial charge >= 0.3 is 0 Å². The van der Waals surface area contributed by atoms with Crippen LogP contribution in [0.2, 0.25) is 5.02 Å². The fraction of sp³-hybridized carbons (Fsp3) is 0.222. The van der Waals surface area contributed by atoms with Gasteiger partial charge in [0, 0.05) is 28.6 Å². The van der Waals surface area contributed by atoms with E-state index in [2.05, 4.69) is 5.32 Å². The third-order valence-corrected chi connectivity index (χ3v) is 5.08. The number of carbonyl (C=O) groups excluding carboxylic acids is 2. The summed E-state index contributed by atoms with van der Waals surface area (Å²) in [5.41, 5.74) is 1.02. The summed E-state index contributed by atoms with van der Waals surface area (Å²) in [5.74, 6) is -0.945. The highest BCUT2D eigenvalue weighted by Gasteiger charge is 2.35. The lowest BCUT2D eigenvalue weighted by Gasteiger charge is -2.17. The van der Waals surface area contributed by atoms with Gasteiger partial charge in [-0.25, -0.2) is 0 Å². The molecule has 0 radical (unpaired) electrons. The second-order valence-electron chi connectivity index (χ2n) is 5.75. The molecule has 1 atom stereocenters. The van der Waals surface area contributed by atoms with Crippen LogP contribution in [0, 0.1) is 5.92 Å². The first-order chi connectivity index (χ1) is 12.0. The lowest BCUT2D eigenvalue weighted by atomic mass is 10.1. The van der Waals surface area contributed by atoms with Crippen molar-refractivity contribution in [1.82, 2.24) is 0 Å². The molecule has 5 nitrogen and oxygen atoms in total. The molecular weight excluding hydrogens is 360 g/mol. The predicted molar refractivity (Wildman–Crippen MR) is 100 cm³/mol. The molecule has 130 valence electrons. The largest absolute Gasteiger partial charge is 0.506 e. The molecule has 25 heavy (non-hydrogen) atoms. The predicted octanol–water partition coefficient (Wildman–Crippen LogP) is 3.76. The van der Waals surface area contributed by atoms with E-state index in [1.165, 1.54) is 18.2 Å². The van der Waals surface area contributed by atoms with Crippen LogP contribution >= 0.6 is 23.4 Å². The molecule has 7 heteroatoms. The van der Waals surface area contributed by atoms with Gasteiger partial charge in [0.1, 0.15) is 5.75 Å². The van der Waals surface area contributed by atoms with Crippen LogP contribution in [0.3, 0.4) is 0 Å². The Labute approximate surface area is 155 Å². The number of nitrogens with zero attached hydrogens (tertiary/aromatic N) is 1.